The molecule has 114 valence electrons. The molecule has 0 amide bonds. The van der Waals surface area contributed by atoms with E-state index in [1.165, 1.54) is 0 Å². The summed E-state index contributed by atoms with van der Waals surface area (Å²) in [5.74, 6) is 1.24. The second-order valence-electron chi connectivity index (χ2n) is 4.98. The summed E-state index contributed by atoms with van der Waals surface area (Å²) in [4.78, 5) is 13.2. The van der Waals surface area contributed by atoms with Crippen molar-refractivity contribution in [3.63, 3.8) is 0 Å². The highest BCUT2D eigenvalue weighted by atomic mass is 32.1. The van der Waals surface area contributed by atoms with Gasteiger partial charge in [0.2, 0.25) is 0 Å². The average Bonchev–Trinajstić information content (AvgIpc) is 3.08. The first-order chi connectivity index (χ1) is 10.1. The number of guanidine groups is 1. The predicted octanol–water partition coefficient (Wildman–Crippen LogP) is 2.90. The molecule has 7 heteroatoms. The van der Waals surface area contributed by atoms with Crippen LogP contribution < -0.4 is 10.6 Å². The lowest BCUT2D eigenvalue weighted by Gasteiger charge is -2.09. The topological polar surface area (TPSA) is 62.2 Å². The van der Waals surface area contributed by atoms with E-state index in [4.69, 9.17) is 0 Å². The molecule has 2 rings (SSSR count). The highest BCUT2D eigenvalue weighted by Gasteiger charge is 2.06. The van der Waals surface area contributed by atoms with Gasteiger partial charge in [0.05, 0.1) is 18.8 Å². The van der Waals surface area contributed by atoms with Gasteiger partial charge in [-0.1, -0.05) is 13.8 Å². The SMILES string of the molecule is CN=C(NCc1nc(C)cs1)NCc1nc(C(C)C)cs1. The second kappa shape index (κ2) is 7.51. The van der Waals surface area contributed by atoms with Gasteiger partial charge >= 0.3 is 0 Å². The lowest BCUT2D eigenvalue weighted by atomic mass is 10.2. The fraction of sp³-hybridized carbons (Fsp3) is 0.500. The Bertz CT molecular complexity index is 600. The van der Waals surface area contributed by atoms with Crippen LogP contribution in [-0.4, -0.2) is 23.0 Å². The first-order valence-corrected chi connectivity index (χ1v) is 8.64. The van der Waals surface area contributed by atoms with Crippen LogP contribution in [0.15, 0.2) is 15.8 Å². The average molecular weight is 323 g/mol. The Labute approximate surface area is 133 Å². The van der Waals surface area contributed by atoms with E-state index in [1.54, 1.807) is 29.7 Å². The standard InChI is InChI=1S/C14H21N5S2/c1-9(2)11-8-21-13(19-11)6-17-14(15-4)16-5-12-18-10(3)7-20-12/h7-9H,5-6H2,1-4H3,(H2,15,16,17). The zero-order chi connectivity index (χ0) is 15.2. The van der Waals surface area contributed by atoms with Crippen molar-refractivity contribution < 1.29 is 0 Å². The summed E-state index contributed by atoms with van der Waals surface area (Å²) in [5.41, 5.74) is 2.21. The van der Waals surface area contributed by atoms with Gasteiger partial charge in [0.1, 0.15) is 10.0 Å². The van der Waals surface area contributed by atoms with E-state index < -0.39 is 0 Å². The summed E-state index contributed by atoms with van der Waals surface area (Å²) >= 11 is 3.34. The summed E-state index contributed by atoms with van der Waals surface area (Å²) in [5, 5.41) is 12.9. The maximum atomic E-state index is 4.60. The van der Waals surface area contributed by atoms with Crippen molar-refractivity contribution in [2.75, 3.05) is 7.05 Å². The zero-order valence-corrected chi connectivity index (χ0v) is 14.4. The van der Waals surface area contributed by atoms with E-state index in [2.05, 4.69) is 50.2 Å². The van der Waals surface area contributed by atoms with Crippen molar-refractivity contribution in [1.82, 2.24) is 20.6 Å². The minimum absolute atomic E-state index is 0.473. The third-order valence-corrected chi connectivity index (χ3v) is 4.70. The zero-order valence-electron chi connectivity index (χ0n) is 12.8. The molecule has 0 saturated heterocycles. The van der Waals surface area contributed by atoms with Gasteiger partial charge in [0, 0.05) is 23.5 Å². The van der Waals surface area contributed by atoms with E-state index in [9.17, 15) is 0 Å². The summed E-state index contributed by atoms with van der Waals surface area (Å²) in [6, 6.07) is 0. The fourth-order valence-electron chi connectivity index (χ4n) is 1.69. The quantitative estimate of drug-likeness (QED) is 0.656. The van der Waals surface area contributed by atoms with E-state index in [1.807, 2.05) is 6.92 Å². The minimum Gasteiger partial charge on any atom is -0.350 e. The summed E-state index contributed by atoms with van der Waals surface area (Å²) < 4.78 is 0. The summed E-state index contributed by atoms with van der Waals surface area (Å²) in [6.45, 7) is 7.69. The Morgan fingerprint density at radius 1 is 1.14 bits per heavy atom. The van der Waals surface area contributed by atoms with E-state index >= 15 is 0 Å². The van der Waals surface area contributed by atoms with E-state index in [0.29, 0.717) is 19.0 Å². The van der Waals surface area contributed by atoms with Gasteiger partial charge in [-0.2, -0.15) is 0 Å². The lowest BCUT2D eigenvalue weighted by Crippen LogP contribution is -2.36. The van der Waals surface area contributed by atoms with Crippen LogP contribution in [0, 0.1) is 6.92 Å². The Morgan fingerprint density at radius 2 is 1.76 bits per heavy atom. The third kappa shape index (κ3) is 4.78. The number of nitrogens with one attached hydrogen (secondary N) is 2. The molecular weight excluding hydrogens is 302 g/mol. The molecule has 5 nitrogen and oxygen atoms in total. The highest BCUT2D eigenvalue weighted by Crippen LogP contribution is 2.17. The molecule has 2 heterocycles. The third-order valence-electron chi connectivity index (χ3n) is 2.87. The Hall–Kier alpha value is -1.47. The number of aliphatic imine (C=N–C) groups is 1. The van der Waals surface area contributed by atoms with Gasteiger partial charge in [0.25, 0.3) is 0 Å². The molecule has 0 radical (unpaired) electrons. The number of nitrogens with zero attached hydrogens (tertiary/aromatic N) is 3. The summed E-state index contributed by atoms with van der Waals surface area (Å²) in [6.07, 6.45) is 0. The molecule has 0 bridgehead atoms. The highest BCUT2D eigenvalue weighted by molar-refractivity contribution is 7.09. The molecule has 0 aromatic carbocycles. The molecule has 0 atom stereocenters. The molecule has 0 aliphatic rings. The Kier molecular flexibility index (Phi) is 5.69. The first-order valence-electron chi connectivity index (χ1n) is 6.88. The van der Waals surface area contributed by atoms with E-state index in [-0.39, 0.29) is 0 Å². The molecular formula is C14H21N5S2. The Balaban J connectivity index is 1.82. The maximum absolute atomic E-state index is 4.60. The van der Waals surface area contributed by atoms with Crippen LogP contribution in [0.1, 0.15) is 41.2 Å². The largest absolute Gasteiger partial charge is 0.350 e. The van der Waals surface area contributed by atoms with Crippen LogP contribution in [0.25, 0.3) is 0 Å². The normalized spacial score (nSPS) is 12.0. The van der Waals surface area contributed by atoms with Crippen molar-refractivity contribution in [3.8, 4) is 0 Å². The van der Waals surface area contributed by atoms with E-state index in [0.717, 1.165) is 27.4 Å². The molecule has 2 N–H and O–H groups in total. The maximum Gasteiger partial charge on any atom is 0.191 e. The smallest absolute Gasteiger partial charge is 0.191 e. The molecule has 0 saturated carbocycles. The first kappa shape index (κ1) is 15.9. The number of rotatable bonds is 5. The van der Waals surface area contributed by atoms with Gasteiger partial charge in [-0.3, -0.25) is 4.99 Å². The molecule has 0 aliphatic heterocycles. The number of hydrogen-bond donors (Lipinski definition) is 2. The van der Waals surface area contributed by atoms with Crippen molar-refractivity contribution in [2.45, 2.75) is 39.8 Å². The second-order valence-corrected chi connectivity index (χ2v) is 6.87. The number of thiazole rings is 2. The minimum atomic E-state index is 0.473. The van der Waals surface area contributed by atoms with Crippen LogP contribution in [-0.2, 0) is 13.1 Å². The molecule has 2 aromatic rings. The van der Waals surface area contributed by atoms with Gasteiger partial charge in [-0.15, -0.1) is 22.7 Å². The fourth-order valence-corrected chi connectivity index (χ4v) is 3.30. The van der Waals surface area contributed by atoms with Crippen LogP contribution in [0.4, 0.5) is 0 Å². The van der Waals surface area contributed by atoms with Gasteiger partial charge in [0.15, 0.2) is 5.96 Å². The van der Waals surface area contributed by atoms with Gasteiger partial charge < -0.3 is 10.6 Å². The van der Waals surface area contributed by atoms with Gasteiger partial charge in [-0.25, -0.2) is 9.97 Å². The number of aromatic nitrogens is 2. The van der Waals surface area contributed by atoms with Crippen LogP contribution in [0.3, 0.4) is 0 Å². The number of aryl methyl sites for hydroxylation is 1. The summed E-state index contributed by atoms with van der Waals surface area (Å²) in [7, 11) is 1.77. The van der Waals surface area contributed by atoms with Crippen LogP contribution >= 0.6 is 22.7 Å². The van der Waals surface area contributed by atoms with Crippen molar-refractivity contribution in [1.29, 1.82) is 0 Å². The van der Waals surface area contributed by atoms with Crippen LogP contribution in [0.5, 0.6) is 0 Å². The molecule has 0 fully saturated rings. The Morgan fingerprint density at radius 3 is 2.24 bits per heavy atom. The van der Waals surface area contributed by atoms with Crippen molar-refractivity contribution >= 4 is 28.6 Å². The molecule has 0 unspecified atom stereocenters. The molecule has 21 heavy (non-hydrogen) atoms. The van der Waals surface area contributed by atoms with Crippen molar-refractivity contribution in [2.24, 2.45) is 4.99 Å². The van der Waals surface area contributed by atoms with Crippen LogP contribution in [0.2, 0.25) is 0 Å². The monoisotopic (exact) mass is 323 g/mol. The number of hydrogen-bond acceptors (Lipinski definition) is 5. The van der Waals surface area contributed by atoms with Crippen molar-refractivity contribution in [3.05, 3.63) is 32.2 Å². The molecule has 0 aliphatic carbocycles. The molecule has 2 aromatic heterocycles. The lowest BCUT2D eigenvalue weighted by molar-refractivity contribution is 0.782. The molecule has 0 spiro atoms. The predicted molar refractivity (Wildman–Crippen MR) is 90.1 cm³/mol. The van der Waals surface area contributed by atoms with Gasteiger partial charge in [-0.05, 0) is 12.8 Å².